The van der Waals surface area contributed by atoms with Crippen molar-refractivity contribution in [2.45, 2.75) is 58.9 Å². The number of rotatable bonds is 11. The first-order chi connectivity index (χ1) is 8.99. The Labute approximate surface area is 124 Å². The standard InChI is InChI=1S/C14H27NO2S2/c1-5-12(6-2)8-9-14(17)10-13(11-16)15(7-3)19(4)18/h11-13H,5-10H2,1-4H3. The van der Waals surface area contributed by atoms with Gasteiger partial charge in [-0.2, -0.15) is 0 Å². The minimum atomic E-state index is -0.382. The molecule has 0 N–H and O–H groups in total. The van der Waals surface area contributed by atoms with E-state index >= 15 is 0 Å². The molecule has 0 fully saturated rings. The molecule has 3 nitrogen and oxygen atoms in total. The first kappa shape index (κ1) is 18.9. The van der Waals surface area contributed by atoms with E-state index in [2.05, 4.69) is 13.8 Å². The lowest BCUT2D eigenvalue weighted by Gasteiger charge is -2.25. The van der Waals surface area contributed by atoms with Crippen LogP contribution in [0.4, 0.5) is 0 Å². The van der Waals surface area contributed by atoms with Crippen molar-refractivity contribution in [1.29, 1.82) is 0 Å². The number of likely N-dealkylation sites (N-methyl/N-ethyl adjacent to an activating group) is 1. The van der Waals surface area contributed by atoms with Crippen molar-refractivity contribution in [2.24, 2.45) is 5.92 Å². The van der Waals surface area contributed by atoms with Crippen LogP contribution in [0.15, 0.2) is 0 Å². The molecule has 0 heterocycles. The molecule has 0 aliphatic carbocycles. The Balaban J connectivity index is 4.34. The maximum atomic E-state index is 12.0. The first-order valence-corrected chi connectivity index (χ1v) is 9.58. The van der Waals surface area contributed by atoms with Gasteiger partial charge in [-0.25, -0.2) is 4.31 Å². The minimum Gasteiger partial charge on any atom is -0.302 e. The van der Waals surface area contributed by atoms with Gasteiger partial charge in [0.15, 0.2) is 0 Å². The summed E-state index contributed by atoms with van der Waals surface area (Å²) in [6, 6.07) is -0.343. The monoisotopic (exact) mass is 305 g/mol. The number of hydrogen-bond donors (Lipinski definition) is 0. The third-order valence-corrected chi connectivity index (χ3v) is 5.36. The normalized spacial score (nSPS) is 14.6. The quantitative estimate of drug-likeness (QED) is 0.550. The molecule has 0 aromatic heterocycles. The van der Waals surface area contributed by atoms with Crippen molar-refractivity contribution in [3.63, 3.8) is 0 Å². The fourth-order valence-corrected chi connectivity index (χ4v) is 3.74. The largest absolute Gasteiger partial charge is 0.302 e. The Bertz CT molecular complexity index is 304. The van der Waals surface area contributed by atoms with Crippen LogP contribution in [-0.2, 0) is 30.4 Å². The van der Waals surface area contributed by atoms with Crippen molar-refractivity contribution in [1.82, 2.24) is 4.31 Å². The number of hydrogen-bond acceptors (Lipinski definition) is 3. The lowest BCUT2D eigenvalue weighted by Crippen LogP contribution is -2.38. The predicted molar refractivity (Wildman–Crippen MR) is 85.8 cm³/mol. The van der Waals surface area contributed by atoms with Gasteiger partial charge in [-0.05, 0) is 23.5 Å². The predicted octanol–water partition coefficient (Wildman–Crippen LogP) is 2.68. The number of aldehydes is 1. The first-order valence-electron chi connectivity index (χ1n) is 7.07. The molecule has 2 unspecified atom stereocenters. The van der Waals surface area contributed by atoms with Gasteiger partial charge in [-0.1, -0.05) is 43.3 Å². The summed E-state index contributed by atoms with van der Waals surface area (Å²) in [5, 5.41) is 0. The highest BCUT2D eigenvalue weighted by molar-refractivity contribution is 8.27. The second kappa shape index (κ2) is 10.6. The molecule has 0 bridgehead atoms. The second-order valence-electron chi connectivity index (χ2n) is 4.82. The fourth-order valence-electron chi connectivity index (χ4n) is 2.22. The summed E-state index contributed by atoms with van der Waals surface area (Å²) < 4.78 is 1.93. The van der Waals surface area contributed by atoms with Crippen LogP contribution in [0, 0.1) is 5.92 Å². The molecular formula is C14H27NO2S2. The van der Waals surface area contributed by atoms with Crippen LogP contribution >= 0.6 is 0 Å². The van der Waals surface area contributed by atoms with Gasteiger partial charge in [0, 0.05) is 25.6 Å². The Kier molecular flexibility index (Phi) is 10.6. The van der Waals surface area contributed by atoms with Crippen molar-refractivity contribution in [3.05, 3.63) is 0 Å². The average Bonchev–Trinajstić information content (AvgIpc) is 2.39. The molecule has 0 spiro atoms. The summed E-state index contributed by atoms with van der Waals surface area (Å²) in [4.78, 5) is 23.1. The lowest BCUT2D eigenvalue weighted by atomic mass is 9.95. The van der Waals surface area contributed by atoms with E-state index in [0.717, 1.165) is 25.5 Å². The van der Waals surface area contributed by atoms with Crippen molar-refractivity contribution in [2.75, 3.05) is 12.8 Å². The number of carbonyl (C=O) groups excluding carboxylic acids is 2. The van der Waals surface area contributed by atoms with Gasteiger partial charge < -0.3 is 4.79 Å². The topological polar surface area (TPSA) is 37.4 Å². The molecule has 112 valence electrons. The Hall–Kier alpha value is -0.130. The average molecular weight is 306 g/mol. The van der Waals surface area contributed by atoms with E-state index in [1.165, 1.54) is 0 Å². The van der Waals surface area contributed by atoms with Crippen molar-refractivity contribution < 1.29 is 9.59 Å². The van der Waals surface area contributed by atoms with Crippen LogP contribution in [-0.4, -0.2) is 35.2 Å². The van der Waals surface area contributed by atoms with Crippen LogP contribution in [0.1, 0.15) is 52.9 Å². The molecule has 0 amide bonds. The smallest absolute Gasteiger partial charge is 0.138 e. The Morgan fingerprint density at radius 2 is 1.89 bits per heavy atom. The molecule has 0 aliphatic rings. The zero-order valence-electron chi connectivity index (χ0n) is 12.6. The van der Waals surface area contributed by atoms with Gasteiger partial charge in [0.05, 0.1) is 6.04 Å². The molecule has 0 saturated heterocycles. The second-order valence-corrected chi connectivity index (χ2v) is 7.59. The van der Waals surface area contributed by atoms with E-state index in [-0.39, 0.29) is 21.5 Å². The summed E-state index contributed by atoms with van der Waals surface area (Å²) in [6.07, 6.45) is 6.85. The van der Waals surface area contributed by atoms with Gasteiger partial charge in [0.1, 0.15) is 12.1 Å². The van der Waals surface area contributed by atoms with Crippen LogP contribution in [0.3, 0.4) is 0 Å². The highest BCUT2D eigenvalue weighted by Gasteiger charge is 2.21. The summed E-state index contributed by atoms with van der Waals surface area (Å²) in [6.45, 7) is 7.00. The summed E-state index contributed by atoms with van der Waals surface area (Å²) >= 11 is 5.22. The zero-order valence-corrected chi connectivity index (χ0v) is 14.2. The molecule has 0 aliphatic heterocycles. The highest BCUT2D eigenvalue weighted by atomic mass is 32.8. The molecular weight excluding hydrogens is 278 g/mol. The van der Waals surface area contributed by atoms with E-state index in [0.29, 0.717) is 25.3 Å². The van der Waals surface area contributed by atoms with Gasteiger partial charge in [-0.15, -0.1) is 0 Å². The number of ketones is 1. The van der Waals surface area contributed by atoms with Crippen molar-refractivity contribution in [3.8, 4) is 0 Å². The molecule has 0 aromatic carbocycles. The van der Waals surface area contributed by atoms with E-state index in [1.54, 1.807) is 0 Å². The molecule has 2 atom stereocenters. The summed E-state index contributed by atoms with van der Waals surface area (Å²) in [5.41, 5.74) is 0. The molecule has 0 radical (unpaired) electrons. The fraction of sp³-hybridized carbons (Fsp3) is 0.857. The van der Waals surface area contributed by atoms with Gasteiger partial charge in [0.2, 0.25) is 0 Å². The molecule has 0 saturated carbocycles. The third kappa shape index (κ3) is 7.28. The minimum absolute atomic E-state index is 0.183. The van der Waals surface area contributed by atoms with Crippen LogP contribution in [0.5, 0.6) is 0 Å². The maximum Gasteiger partial charge on any atom is 0.138 e. The number of Topliss-reactive ketones (excluding diaryl/α,β-unsaturated/α-hetero) is 1. The Morgan fingerprint density at radius 1 is 1.32 bits per heavy atom. The third-order valence-electron chi connectivity index (χ3n) is 3.59. The highest BCUT2D eigenvalue weighted by Crippen LogP contribution is 2.16. The molecule has 0 rings (SSSR count). The van der Waals surface area contributed by atoms with E-state index in [4.69, 9.17) is 11.2 Å². The van der Waals surface area contributed by atoms with Gasteiger partial charge in [-0.3, -0.25) is 4.79 Å². The van der Waals surface area contributed by atoms with Crippen molar-refractivity contribution >= 4 is 32.9 Å². The maximum absolute atomic E-state index is 12.0. The van der Waals surface area contributed by atoms with Gasteiger partial charge >= 0.3 is 0 Å². The van der Waals surface area contributed by atoms with E-state index in [1.807, 2.05) is 17.5 Å². The molecule has 19 heavy (non-hydrogen) atoms. The summed E-state index contributed by atoms with van der Waals surface area (Å²) in [5.74, 6) is 0.809. The number of carbonyl (C=O) groups is 2. The van der Waals surface area contributed by atoms with Crippen LogP contribution in [0.25, 0.3) is 0 Å². The van der Waals surface area contributed by atoms with Crippen LogP contribution < -0.4 is 0 Å². The SMILES string of the molecule is CCC(CC)CCC(=O)CC(C=O)N(CC)S(C)=S. The number of nitrogens with zero attached hydrogens (tertiary/aromatic N) is 1. The van der Waals surface area contributed by atoms with Crippen LogP contribution in [0.2, 0.25) is 0 Å². The van der Waals surface area contributed by atoms with Gasteiger partial charge in [0.25, 0.3) is 0 Å². The van der Waals surface area contributed by atoms with E-state index < -0.39 is 0 Å². The lowest BCUT2D eigenvalue weighted by molar-refractivity contribution is -0.122. The molecule has 0 aromatic rings. The molecule has 5 heteroatoms. The Morgan fingerprint density at radius 3 is 2.26 bits per heavy atom. The zero-order chi connectivity index (χ0) is 14.8. The summed E-state index contributed by atoms with van der Waals surface area (Å²) in [7, 11) is -0.382. The van der Waals surface area contributed by atoms with E-state index in [9.17, 15) is 9.59 Å².